The molecule has 0 aromatic carbocycles. The van der Waals surface area contributed by atoms with Crippen LogP contribution in [0.15, 0.2) is 0 Å². The molecule has 0 unspecified atom stereocenters. The quantitative estimate of drug-likeness (QED) is 0.0358. The van der Waals surface area contributed by atoms with E-state index in [1.807, 2.05) is 80.5 Å². The van der Waals surface area contributed by atoms with Crippen LogP contribution in [0.4, 0.5) is 0 Å². The van der Waals surface area contributed by atoms with E-state index in [1.165, 1.54) is 0 Å². The molecule has 23 heteroatoms. The molecule has 17 nitrogen and oxygen atoms in total. The first-order valence-corrected chi connectivity index (χ1v) is 27.1. The Labute approximate surface area is 631 Å². The maximum atomic E-state index is 4.36. The van der Waals surface area contributed by atoms with Gasteiger partial charge in [-0.1, -0.05) is 103 Å². The summed E-state index contributed by atoms with van der Waals surface area (Å²) in [5.74, 6) is 0. The van der Waals surface area contributed by atoms with Gasteiger partial charge in [0.15, 0.2) is 0 Å². The Morgan fingerprint density at radius 2 is 0.494 bits per heavy atom. The van der Waals surface area contributed by atoms with E-state index < -0.39 is 0 Å². The van der Waals surface area contributed by atoms with Crippen LogP contribution < -0.4 is 0 Å². The average molecular weight is 1630 g/mol. The summed E-state index contributed by atoms with van der Waals surface area (Å²) >= 11 is 0. The second kappa shape index (κ2) is 126. The fraction of sp³-hybridized carbons (Fsp3) is 0.931. The van der Waals surface area contributed by atoms with E-state index in [0.717, 1.165) is 137 Å². The van der Waals surface area contributed by atoms with E-state index in [4.69, 9.17) is 0 Å². The number of likely N-dealkylation sites (N-methyl/N-ethyl adjacent to an activating group) is 10. The van der Waals surface area contributed by atoms with E-state index in [0.29, 0.717) is 24.2 Å². The fourth-order valence-electron chi connectivity index (χ4n) is 3.91. The average Bonchev–Trinajstić information content (AvgIpc) is 3.27. The predicted octanol–water partition coefficient (Wildman–Crippen LogP) is 13.0. The zero-order chi connectivity index (χ0) is 57.3. The largest absolute Gasteiger partial charge is 4.00 e. The molecule has 0 atom stereocenters. The van der Waals surface area contributed by atoms with Crippen molar-refractivity contribution < 1.29 is 157 Å². The van der Waals surface area contributed by atoms with Crippen LogP contribution in [0.2, 0.25) is 0 Å². The normalized spacial score (nSPS) is 9.33. The van der Waals surface area contributed by atoms with Crippen LogP contribution in [0.5, 0.6) is 0 Å². The number of hydrazine groups is 1. The van der Waals surface area contributed by atoms with Crippen LogP contribution >= 0.6 is 0 Å². The summed E-state index contributed by atoms with van der Waals surface area (Å²) in [6.07, 6.45) is 2.22. The van der Waals surface area contributed by atoms with Gasteiger partial charge in [0.25, 0.3) is 0 Å². The van der Waals surface area contributed by atoms with Gasteiger partial charge in [-0.05, 0) is 102 Å². The van der Waals surface area contributed by atoms with Crippen molar-refractivity contribution in [2.75, 3.05) is 237 Å². The molecule has 5 radical (unpaired) electrons. The third kappa shape index (κ3) is 217. The fourth-order valence-corrected chi connectivity index (χ4v) is 3.91. The van der Waals surface area contributed by atoms with Crippen molar-refractivity contribution in [3.8, 4) is 0 Å². The first kappa shape index (κ1) is 138. The van der Waals surface area contributed by atoms with E-state index in [-0.39, 0.29) is 187 Å². The molecule has 81 heavy (non-hydrogen) atoms. The van der Waals surface area contributed by atoms with Crippen LogP contribution in [0.25, 0.3) is 53.2 Å². The molecule has 0 aromatic heterocycles. The smallest absolute Gasteiger partial charge is 0.668 e. The Kier molecular flexibility index (Phi) is 214. The van der Waals surface area contributed by atoms with Crippen molar-refractivity contribution in [1.82, 2.24) is 34.5 Å². The van der Waals surface area contributed by atoms with Gasteiger partial charge < -0.3 is 107 Å². The molecule has 0 N–H and O–H groups in total. The summed E-state index contributed by atoms with van der Waals surface area (Å²) in [6, 6.07) is 1.92. The first-order chi connectivity index (χ1) is 33.2. The minimum atomic E-state index is 0. The standard InChI is InChI=1S/2C9H20N2.C8H19N2.2C6H15N2.2C5H13N2.C4H12N2.C2H6N.4CH3.6Zr/c2*1-8(2)10-6-5-7-11-9(3)4;1-4-9-7-8-10(5-2)6-3;2*1-4-7-5-6-8(2)3;2*1-6-4-5-7(2)3;1-5(2)6(3)4;1-3-2;;;;;;;;;;/h2*8-9H,5-7H2,1-4H3;4-8H2,1-3H3;2*4-6H2,1-3H3;2*4-5H2,1-3H3;1-4H3;1-2H3;4*1H3;;;;;;/q2*-2;5*-1;;5*-1;5*+3;+4. The summed E-state index contributed by atoms with van der Waals surface area (Å²) in [5.41, 5.74) is 0. The molecule has 0 rings (SSSR count). The monoisotopic (exact) mass is 1620 g/mol. The van der Waals surface area contributed by atoms with Gasteiger partial charge in [-0.3, -0.25) is 0 Å². The maximum Gasteiger partial charge on any atom is 4.00 e. The molecular weight excluding hydrogens is 1480 g/mol. The van der Waals surface area contributed by atoms with Gasteiger partial charge in [-0.2, -0.15) is 74.0 Å². The number of hydrogen-bond acceptors (Lipinski definition) is 7. The Hall–Kier alpha value is 4.62. The summed E-state index contributed by atoms with van der Waals surface area (Å²) in [7, 11) is 31.6. The van der Waals surface area contributed by atoms with Crippen molar-refractivity contribution in [3.63, 3.8) is 0 Å². The Bertz CT molecular complexity index is 759. The van der Waals surface area contributed by atoms with Crippen LogP contribution in [0.3, 0.4) is 0 Å². The van der Waals surface area contributed by atoms with Crippen molar-refractivity contribution in [2.24, 2.45) is 0 Å². The number of rotatable bonds is 33. The van der Waals surface area contributed by atoms with Gasteiger partial charge in [-0.25, -0.2) is 10.0 Å². The van der Waals surface area contributed by atoms with E-state index >= 15 is 0 Å². The van der Waals surface area contributed by atoms with Gasteiger partial charge in [0.2, 0.25) is 0 Å². The molecule has 0 saturated carbocycles. The molecule has 0 amide bonds. The minimum absolute atomic E-state index is 0. The Morgan fingerprint density at radius 1 is 0.309 bits per heavy atom. The summed E-state index contributed by atoms with van der Waals surface area (Å²) in [4.78, 5) is 10.9. The van der Waals surface area contributed by atoms with Gasteiger partial charge in [-0.15, -0.1) is 56.9 Å². The Morgan fingerprint density at radius 3 is 0.617 bits per heavy atom. The van der Waals surface area contributed by atoms with Crippen molar-refractivity contribution in [1.29, 1.82) is 0 Å². The molecule has 481 valence electrons. The van der Waals surface area contributed by atoms with E-state index in [9.17, 15) is 0 Å². The third-order valence-corrected chi connectivity index (χ3v) is 8.50. The summed E-state index contributed by atoms with van der Waals surface area (Å²) in [5, 5.41) is 45.4. The van der Waals surface area contributed by atoms with Crippen molar-refractivity contribution in [2.45, 2.75) is 127 Å². The molecule has 0 spiro atoms. The van der Waals surface area contributed by atoms with Gasteiger partial charge in [0.1, 0.15) is 0 Å². The van der Waals surface area contributed by atoms with Crippen LogP contribution in [0.1, 0.15) is 103 Å². The van der Waals surface area contributed by atoms with Crippen molar-refractivity contribution >= 4 is 0 Å². The van der Waals surface area contributed by atoms with Crippen LogP contribution in [0, 0.1) is 29.7 Å². The van der Waals surface area contributed by atoms with Gasteiger partial charge in [0.05, 0.1) is 0 Å². The summed E-state index contributed by atoms with van der Waals surface area (Å²) < 4.78 is 0. The zero-order valence-corrected chi connectivity index (χ0v) is 75.5. The van der Waals surface area contributed by atoms with Crippen LogP contribution in [-0.4, -0.2) is 296 Å². The van der Waals surface area contributed by atoms with Crippen molar-refractivity contribution in [3.05, 3.63) is 82.9 Å². The third-order valence-electron chi connectivity index (χ3n) is 8.50. The van der Waals surface area contributed by atoms with Gasteiger partial charge >= 0.3 is 157 Å². The molecular formula is C58H145N17Zr6+5. The van der Waals surface area contributed by atoms with Gasteiger partial charge in [0, 0.05) is 28.2 Å². The minimum Gasteiger partial charge on any atom is -0.668 e. The van der Waals surface area contributed by atoms with Crippen LogP contribution in [-0.2, 0) is 157 Å². The molecule has 0 fully saturated rings. The number of nitrogens with zero attached hydrogens (tertiary/aromatic N) is 17. The second-order valence-corrected chi connectivity index (χ2v) is 19.0. The maximum absolute atomic E-state index is 4.36. The zero-order valence-electron chi connectivity index (χ0n) is 60.8. The number of hydrogen-bond donors (Lipinski definition) is 0. The SMILES string of the molecule is CC(C)[N-]CCC[N-]C(C)C.CC(C)[N-]CCC[N-]C(C)C.CC[N-]CCN(C)C.CC[N-]CCN(C)C.CC[N-]CCN(CC)CC.CN(C)N(C)C.C[N-]C.C[N-]CCN(C)C.C[N-]CCN(C)C.[CH3-].[CH3-].[CH3-].[CH3-].[Zr+3].[Zr+3].[Zr+3].[Zr+3].[Zr+3].[Zr+4]. The molecule has 0 bridgehead atoms. The molecule has 0 saturated heterocycles. The predicted molar refractivity (Wildman–Crippen MR) is 358 cm³/mol. The second-order valence-electron chi connectivity index (χ2n) is 19.0. The first-order valence-electron chi connectivity index (χ1n) is 27.1. The summed E-state index contributed by atoms with van der Waals surface area (Å²) in [6.45, 7) is 46.8. The van der Waals surface area contributed by atoms with E-state index in [2.05, 4.69) is 196 Å². The molecule has 0 heterocycles. The molecule has 0 aliphatic carbocycles. The molecule has 0 aromatic rings. The topological polar surface area (TPSA) is 164 Å². The molecule has 0 aliphatic rings. The Balaban J connectivity index is -0.0000000313. The van der Waals surface area contributed by atoms with E-state index in [1.54, 1.807) is 14.1 Å². The molecule has 0 aliphatic heterocycles.